The van der Waals surface area contributed by atoms with E-state index in [1.165, 1.54) is 16.7 Å². The number of carboxylic acids is 1. The average molecular weight is 318 g/mol. The highest BCUT2D eigenvalue weighted by atomic mass is 32.2. The molecule has 2 N–H and O–H groups in total. The molecule has 0 unspecified atom stereocenters. The molecule has 0 aliphatic heterocycles. The van der Waals surface area contributed by atoms with Crippen molar-refractivity contribution in [2.45, 2.75) is 38.3 Å². The van der Waals surface area contributed by atoms with Crippen LogP contribution in [0.3, 0.4) is 0 Å². The maximum Gasteiger partial charge on any atom is 0.326 e. The highest BCUT2D eigenvalue weighted by Gasteiger charge is 2.35. The highest BCUT2D eigenvalue weighted by molar-refractivity contribution is 7.98. The maximum absolute atomic E-state index is 12.2. The number of esters is 1. The normalized spacial score (nSPS) is 15.1. The molecule has 1 saturated carbocycles. The maximum atomic E-state index is 12.2. The van der Waals surface area contributed by atoms with E-state index in [1.54, 1.807) is 6.92 Å². The van der Waals surface area contributed by atoms with Gasteiger partial charge in [-0.15, -0.1) is 0 Å². The van der Waals surface area contributed by atoms with Crippen molar-refractivity contribution < 1.29 is 24.2 Å². The third kappa shape index (κ3) is 6.24. The van der Waals surface area contributed by atoms with E-state index in [4.69, 9.17) is 9.84 Å². The van der Waals surface area contributed by atoms with E-state index in [2.05, 4.69) is 5.32 Å². The summed E-state index contributed by atoms with van der Waals surface area (Å²) < 4.78 is 4.84. The van der Waals surface area contributed by atoms with Crippen LogP contribution < -0.4 is 5.32 Å². The van der Waals surface area contributed by atoms with Crippen LogP contribution in [0.25, 0.3) is 0 Å². The molecule has 0 spiro atoms. The third-order valence-electron chi connectivity index (χ3n) is 3.06. The van der Waals surface area contributed by atoms with Crippen LogP contribution in [-0.4, -0.2) is 65.2 Å². The fraction of sp³-hybridized carbons (Fsp3) is 0.769. The van der Waals surface area contributed by atoms with Gasteiger partial charge in [-0.05, 0) is 38.2 Å². The van der Waals surface area contributed by atoms with Gasteiger partial charge in [-0.25, -0.2) is 9.59 Å². The van der Waals surface area contributed by atoms with Crippen LogP contribution in [0.2, 0.25) is 0 Å². The van der Waals surface area contributed by atoms with Crippen LogP contribution in [0.4, 0.5) is 4.79 Å². The van der Waals surface area contributed by atoms with Gasteiger partial charge in [0.25, 0.3) is 0 Å². The Morgan fingerprint density at radius 2 is 2.10 bits per heavy atom. The number of nitrogens with one attached hydrogen (secondary N) is 1. The molecule has 2 amide bonds. The summed E-state index contributed by atoms with van der Waals surface area (Å²) in [6.07, 6.45) is 3.88. The first-order valence-electron chi connectivity index (χ1n) is 6.94. The lowest BCUT2D eigenvalue weighted by Gasteiger charge is -2.24. The molecule has 0 radical (unpaired) electrons. The molecule has 0 aromatic rings. The summed E-state index contributed by atoms with van der Waals surface area (Å²) in [4.78, 5) is 36.2. The summed E-state index contributed by atoms with van der Waals surface area (Å²) in [7, 11) is 0. The number of carbonyl (C=O) groups excluding carboxylic acids is 2. The van der Waals surface area contributed by atoms with E-state index in [0.717, 1.165) is 12.8 Å². The van der Waals surface area contributed by atoms with E-state index in [-0.39, 0.29) is 19.2 Å². The lowest BCUT2D eigenvalue weighted by molar-refractivity contribution is -0.143. The van der Waals surface area contributed by atoms with Gasteiger partial charge in [0, 0.05) is 6.04 Å². The van der Waals surface area contributed by atoms with Crippen LogP contribution in [0, 0.1) is 0 Å². The summed E-state index contributed by atoms with van der Waals surface area (Å²) in [6.45, 7) is 1.81. The van der Waals surface area contributed by atoms with Crippen molar-refractivity contribution in [3.8, 4) is 0 Å². The van der Waals surface area contributed by atoms with Gasteiger partial charge in [0.2, 0.25) is 0 Å². The van der Waals surface area contributed by atoms with E-state index in [0.29, 0.717) is 12.2 Å². The monoisotopic (exact) mass is 318 g/mol. The van der Waals surface area contributed by atoms with E-state index in [1.807, 2.05) is 6.26 Å². The number of hydrogen-bond donors (Lipinski definition) is 2. The van der Waals surface area contributed by atoms with Gasteiger partial charge in [0.15, 0.2) is 0 Å². The van der Waals surface area contributed by atoms with Crippen molar-refractivity contribution in [2.24, 2.45) is 0 Å². The Morgan fingerprint density at radius 3 is 2.57 bits per heavy atom. The zero-order valence-corrected chi connectivity index (χ0v) is 13.1. The lowest BCUT2D eigenvalue weighted by Crippen LogP contribution is -2.50. The number of urea groups is 1. The average Bonchev–Trinajstić information content (AvgIpc) is 3.25. The Kier molecular flexibility index (Phi) is 7.35. The molecular weight excluding hydrogens is 296 g/mol. The number of thioether (sulfide) groups is 1. The molecule has 0 heterocycles. The molecule has 1 rings (SSSR count). The third-order valence-corrected chi connectivity index (χ3v) is 3.70. The zero-order valence-electron chi connectivity index (χ0n) is 12.3. The number of ether oxygens (including phenoxy) is 1. The first-order valence-corrected chi connectivity index (χ1v) is 8.33. The lowest BCUT2D eigenvalue weighted by atomic mass is 10.2. The van der Waals surface area contributed by atoms with Gasteiger partial charge in [0.05, 0.1) is 6.61 Å². The molecule has 120 valence electrons. The topological polar surface area (TPSA) is 95.9 Å². The Labute approximate surface area is 128 Å². The van der Waals surface area contributed by atoms with Gasteiger partial charge >= 0.3 is 18.0 Å². The summed E-state index contributed by atoms with van der Waals surface area (Å²) in [5.74, 6) is -0.904. The van der Waals surface area contributed by atoms with Crippen molar-refractivity contribution in [1.82, 2.24) is 10.2 Å². The minimum Gasteiger partial charge on any atom is -0.480 e. The van der Waals surface area contributed by atoms with E-state index < -0.39 is 24.0 Å². The van der Waals surface area contributed by atoms with Crippen LogP contribution >= 0.6 is 11.8 Å². The Bertz CT molecular complexity index is 387. The number of carbonyl (C=O) groups is 3. The zero-order chi connectivity index (χ0) is 15.8. The second kappa shape index (κ2) is 8.76. The Hall–Kier alpha value is -1.44. The second-order valence-corrected chi connectivity index (χ2v) is 5.77. The summed E-state index contributed by atoms with van der Waals surface area (Å²) >= 11 is 1.52. The summed E-state index contributed by atoms with van der Waals surface area (Å²) in [5, 5.41) is 11.6. The first kappa shape index (κ1) is 17.6. The van der Waals surface area contributed by atoms with Crippen molar-refractivity contribution in [3.63, 3.8) is 0 Å². The number of aliphatic carboxylic acids is 1. The standard InChI is InChI=1S/C13H22N2O5S/c1-3-20-11(16)8-15(9-4-5-9)13(19)14-10(12(17)18)6-7-21-2/h9-10H,3-8H2,1-2H3,(H,14,19)(H,17,18)/t10-/m1/s1. The Balaban J connectivity index is 2.58. The quantitative estimate of drug-likeness (QED) is 0.614. The number of rotatable bonds is 9. The minimum absolute atomic E-state index is 0.00408. The molecule has 0 aromatic heterocycles. The SMILES string of the molecule is CCOC(=O)CN(C(=O)N[C@H](CCSC)C(=O)O)C1CC1. The molecule has 0 saturated heterocycles. The van der Waals surface area contributed by atoms with Gasteiger partial charge in [-0.2, -0.15) is 11.8 Å². The predicted molar refractivity (Wildman–Crippen MR) is 79.3 cm³/mol. The van der Waals surface area contributed by atoms with Crippen LogP contribution in [0.1, 0.15) is 26.2 Å². The molecule has 0 bridgehead atoms. The molecule has 1 atom stereocenters. The van der Waals surface area contributed by atoms with E-state index in [9.17, 15) is 14.4 Å². The minimum atomic E-state index is -1.07. The number of carboxylic acid groups (broad SMARTS) is 1. The molecule has 1 fully saturated rings. The first-order chi connectivity index (χ1) is 9.99. The van der Waals surface area contributed by atoms with Gasteiger partial charge in [0.1, 0.15) is 12.6 Å². The van der Waals surface area contributed by atoms with Crippen LogP contribution in [-0.2, 0) is 14.3 Å². The Morgan fingerprint density at radius 1 is 1.43 bits per heavy atom. The van der Waals surface area contributed by atoms with Crippen LogP contribution in [0.5, 0.6) is 0 Å². The van der Waals surface area contributed by atoms with Crippen molar-refractivity contribution in [3.05, 3.63) is 0 Å². The summed E-state index contributed by atoms with van der Waals surface area (Å²) in [6, 6.07) is -1.45. The van der Waals surface area contributed by atoms with Gasteiger partial charge in [-0.3, -0.25) is 4.79 Å². The van der Waals surface area contributed by atoms with Gasteiger partial charge in [-0.1, -0.05) is 0 Å². The molecule has 0 aromatic carbocycles. The van der Waals surface area contributed by atoms with E-state index >= 15 is 0 Å². The molecule has 8 heteroatoms. The van der Waals surface area contributed by atoms with Crippen LogP contribution in [0.15, 0.2) is 0 Å². The molecular formula is C13H22N2O5S. The second-order valence-electron chi connectivity index (χ2n) is 4.79. The molecule has 7 nitrogen and oxygen atoms in total. The van der Waals surface area contributed by atoms with Crippen molar-refractivity contribution >= 4 is 29.7 Å². The van der Waals surface area contributed by atoms with Crippen molar-refractivity contribution in [2.75, 3.05) is 25.2 Å². The molecule has 1 aliphatic rings. The number of nitrogens with zero attached hydrogens (tertiary/aromatic N) is 1. The van der Waals surface area contributed by atoms with Crippen molar-refractivity contribution in [1.29, 1.82) is 0 Å². The molecule has 1 aliphatic carbocycles. The highest BCUT2D eigenvalue weighted by Crippen LogP contribution is 2.26. The predicted octanol–water partition coefficient (Wildman–Crippen LogP) is 0.930. The fourth-order valence-corrected chi connectivity index (χ4v) is 2.30. The fourth-order valence-electron chi connectivity index (χ4n) is 1.82. The van der Waals surface area contributed by atoms with Gasteiger partial charge < -0.3 is 20.1 Å². The smallest absolute Gasteiger partial charge is 0.326 e. The number of amides is 2. The molecule has 21 heavy (non-hydrogen) atoms. The summed E-state index contributed by atoms with van der Waals surface area (Å²) in [5.41, 5.74) is 0. The largest absolute Gasteiger partial charge is 0.480 e. The number of hydrogen-bond acceptors (Lipinski definition) is 5.